The third-order valence-electron chi connectivity index (χ3n) is 3.82. The number of sulfone groups is 1. The summed E-state index contributed by atoms with van der Waals surface area (Å²) >= 11 is 0. The van der Waals surface area contributed by atoms with Crippen molar-refractivity contribution in [2.24, 2.45) is 0 Å². The highest BCUT2D eigenvalue weighted by atomic mass is 32.2. The molecular formula is C14H24N2O2S. The van der Waals surface area contributed by atoms with Crippen LogP contribution in [0, 0.1) is 0 Å². The molecule has 19 heavy (non-hydrogen) atoms. The number of aromatic nitrogens is 2. The van der Waals surface area contributed by atoms with Crippen LogP contribution in [0.1, 0.15) is 64.6 Å². The Bertz CT molecular complexity index is 554. The molecule has 0 amide bonds. The quantitative estimate of drug-likeness (QED) is 0.806. The minimum absolute atomic E-state index is 0.186. The first kappa shape index (κ1) is 14.6. The van der Waals surface area contributed by atoms with Crippen LogP contribution in [0.2, 0.25) is 0 Å². The molecule has 0 unspecified atom stereocenters. The molecule has 0 aliphatic heterocycles. The molecule has 0 atom stereocenters. The second-order valence-corrected chi connectivity index (χ2v) is 8.30. The zero-order valence-electron chi connectivity index (χ0n) is 12.3. The summed E-state index contributed by atoms with van der Waals surface area (Å²) < 4.78 is 25.8. The van der Waals surface area contributed by atoms with E-state index in [1.165, 1.54) is 6.26 Å². The van der Waals surface area contributed by atoms with Gasteiger partial charge in [-0.15, -0.1) is 0 Å². The van der Waals surface area contributed by atoms with E-state index in [1.54, 1.807) is 6.20 Å². The fourth-order valence-electron chi connectivity index (χ4n) is 2.38. The van der Waals surface area contributed by atoms with E-state index in [0.29, 0.717) is 10.9 Å². The lowest BCUT2D eigenvalue weighted by molar-refractivity contribution is 0.430. The number of hydrogen-bond acceptors (Lipinski definition) is 3. The van der Waals surface area contributed by atoms with Crippen LogP contribution in [0.25, 0.3) is 0 Å². The Morgan fingerprint density at radius 1 is 1.42 bits per heavy atom. The fraction of sp³-hybridized carbons (Fsp3) is 0.786. The van der Waals surface area contributed by atoms with Gasteiger partial charge >= 0.3 is 0 Å². The molecule has 1 heterocycles. The summed E-state index contributed by atoms with van der Waals surface area (Å²) in [7, 11) is -3.21. The average molecular weight is 284 g/mol. The van der Waals surface area contributed by atoms with E-state index in [9.17, 15) is 8.42 Å². The summed E-state index contributed by atoms with van der Waals surface area (Å²) in [4.78, 5) is 0.417. The van der Waals surface area contributed by atoms with Gasteiger partial charge in [0.05, 0.1) is 11.7 Å². The number of unbranched alkanes of at least 4 members (excludes halogenated alkanes) is 1. The van der Waals surface area contributed by atoms with Crippen molar-refractivity contribution in [1.29, 1.82) is 0 Å². The minimum Gasteiger partial charge on any atom is -0.268 e. The molecule has 5 heteroatoms. The maximum absolute atomic E-state index is 12.0. The maximum atomic E-state index is 12.0. The molecule has 0 spiro atoms. The summed E-state index contributed by atoms with van der Waals surface area (Å²) in [5.41, 5.74) is 0.560. The molecule has 2 rings (SSSR count). The summed E-state index contributed by atoms with van der Waals surface area (Å²) in [6.07, 6.45) is 8.40. The van der Waals surface area contributed by atoms with Crippen LogP contribution in [0.5, 0.6) is 0 Å². The highest BCUT2D eigenvalue weighted by Gasteiger charge is 2.34. The Labute approximate surface area is 116 Å². The largest absolute Gasteiger partial charge is 0.268 e. The molecule has 0 radical (unpaired) electrons. The Balaban J connectivity index is 2.42. The number of hydrogen-bond donors (Lipinski definition) is 0. The number of nitrogens with zero attached hydrogens (tertiary/aromatic N) is 2. The molecule has 1 aliphatic carbocycles. The highest BCUT2D eigenvalue weighted by molar-refractivity contribution is 7.90. The molecule has 0 N–H and O–H groups in total. The van der Waals surface area contributed by atoms with Gasteiger partial charge in [0.1, 0.15) is 4.90 Å². The van der Waals surface area contributed by atoms with Crippen LogP contribution >= 0.6 is 0 Å². The van der Waals surface area contributed by atoms with E-state index in [-0.39, 0.29) is 5.41 Å². The Morgan fingerprint density at radius 2 is 2.05 bits per heavy atom. The first-order valence-corrected chi connectivity index (χ1v) is 8.94. The lowest BCUT2D eigenvalue weighted by atomic mass is 9.84. The summed E-state index contributed by atoms with van der Waals surface area (Å²) in [5.74, 6) is 0. The van der Waals surface area contributed by atoms with Crippen molar-refractivity contribution in [3.8, 4) is 0 Å². The van der Waals surface area contributed by atoms with E-state index >= 15 is 0 Å². The van der Waals surface area contributed by atoms with Crippen molar-refractivity contribution >= 4 is 9.84 Å². The molecule has 1 aromatic rings. The van der Waals surface area contributed by atoms with Gasteiger partial charge in [0.2, 0.25) is 0 Å². The van der Waals surface area contributed by atoms with Crippen molar-refractivity contribution in [1.82, 2.24) is 9.78 Å². The first-order chi connectivity index (χ1) is 8.75. The predicted octanol–water partition coefficient (Wildman–Crippen LogP) is 3.09. The first-order valence-electron chi connectivity index (χ1n) is 7.05. The van der Waals surface area contributed by atoms with Crippen molar-refractivity contribution in [2.45, 2.75) is 69.2 Å². The molecule has 0 saturated heterocycles. The zero-order valence-corrected chi connectivity index (χ0v) is 13.1. The summed E-state index contributed by atoms with van der Waals surface area (Å²) in [6, 6.07) is 0.413. The average Bonchev–Trinajstić information content (AvgIpc) is 3.03. The van der Waals surface area contributed by atoms with Crippen LogP contribution in [-0.4, -0.2) is 24.5 Å². The maximum Gasteiger partial charge on any atom is 0.178 e. The van der Waals surface area contributed by atoms with Gasteiger partial charge in [-0.3, -0.25) is 4.68 Å². The molecule has 4 nitrogen and oxygen atoms in total. The van der Waals surface area contributed by atoms with E-state index in [4.69, 9.17) is 0 Å². The van der Waals surface area contributed by atoms with Crippen LogP contribution in [0.15, 0.2) is 11.1 Å². The van der Waals surface area contributed by atoms with Crippen molar-refractivity contribution < 1.29 is 8.42 Å². The molecule has 0 aromatic carbocycles. The van der Waals surface area contributed by atoms with Gasteiger partial charge in [0.25, 0.3) is 0 Å². The molecular weight excluding hydrogens is 260 g/mol. The lowest BCUT2D eigenvalue weighted by Crippen LogP contribution is -2.21. The van der Waals surface area contributed by atoms with Crippen LogP contribution in [-0.2, 0) is 15.3 Å². The van der Waals surface area contributed by atoms with Crippen LogP contribution < -0.4 is 0 Å². The predicted molar refractivity (Wildman–Crippen MR) is 76.2 cm³/mol. The van der Waals surface area contributed by atoms with Crippen molar-refractivity contribution in [3.05, 3.63) is 11.9 Å². The van der Waals surface area contributed by atoms with Gasteiger partial charge in [-0.1, -0.05) is 33.6 Å². The van der Waals surface area contributed by atoms with E-state index in [0.717, 1.165) is 37.8 Å². The smallest absolute Gasteiger partial charge is 0.178 e. The molecule has 1 aliphatic rings. The summed E-state index contributed by atoms with van der Waals surface area (Å²) in [6.45, 7) is 6.34. The molecule has 1 aromatic heterocycles. The van der Waals surface area contributed by atoms with Crippen LogP contribution in [0.3, 0.4) is 0 Å². The highest BCUT2D eigenvalue weighted by Crippen LogP contribution is 2.38. The van der Waals surface area contributed by atoms with Gasteiger partial charge < -0.3 is 0 Å². The number of rotatable bonds is 6. The normalized spacial score (nSPS) is 16.8. The molecule has 1 fully saturated rings. The fourth-order valence-corrected chi connectivity index (χ4v) is 3.35. The molecule has 0 bridgehead atoms. The van der Waals surface area contributed by atoms with Gasteiger partial charge in [-0.2, -0.15) is 5.10 Å². The van der Waals surface area contributed by atoms with Crippen LogP contribution in [0.4, 0.5) is 0 Å². The van der Waals surface area contributed by atoms with Gasteiger partial charge in [0, 0.05) is 17.9 Å². The lowest BCUT2D eigenvalue weighted by Gasteiger charge is -2.23. The SMILES string of the molecule is CCCCC(C)(C)c1nn(C2CC2)cc1S(C)(=O)=O. The van der Waals surface area contributed by atoms with Crippen molar-refractivity contribution in [2.75, 3.05) is 6.26 Å². The zero-order chi connectivity index (χ0) is 14.3. The second kappa shape index (κ2) is 4.93. The summed E-state index contributed by atoms with van der Waals surface area (Å²) in [5, 5.41) is 4.60. The topological polar surface area (TPSA) is 52.0 Å². The van der Waals surface area contributed by atoms with E-state index < -0.39 is 9.84 Å². The monoisotopic (exact) mass is 284 g/mol. The third kappa shape index (κ3) is 3.19. The van der Waals surface area contributed by atoms with Gasteiger partial charge in [0.15, 0.2) is 9.84 Å². The van der Waals surface area contributed by atoms with E-state index in [1.807, 2.05) is 4.68 Å². The second-order valence-electron chi connectivity index (χ2n) is 6.31. The van der Waals surface area contributed by atoms with Gasteiger partial charge in [-0.05, 0) is 19.3 Å². The standard InChI is InChI=1S/C14H24N2O2S/c1-5-6-9-14(2,3)13-12(19(4,17)18)10-16(15-13)11-7-8-11/h10-11H,5-9H2,1-4H3. The molecule has 108 valence electrons. The van der Waals surface area contributed by atoms with Crippen molar-refractivity contribution in [3.63, 3.8) is 0 Å². The van der Waals surface area contributed by atoms with E-state index in [2.05, 4.69) is 25.9 Å². The Hall–Kier alpha value is -0.840. The Morgan fingerprint density at radius 3 is 2.53 bits per heavy atom. The molecule has 1 saturated carbocycles. The third-order valence-corrected chi connectivity index (χ3v) is 4.91. The Kier molecular flexibility index (Phi) is 3.78. The van der Waals surface area contributed by atoms with Gasteiger partial charge in [-0.25, -0.2) is 8.42 Å². The minimum atomic E-state index is -3.21.